The maximum Gasteiger partial charge on any atom is 0.265 e. The quantitative estimate of drug-likeness (QED) is 0.765. The molecule has 0 aliphatic carbocycles. The molecule has 2 N–H and O–H groups in total. The van der Waals surface area contributed by atoms with E-state index in [4.69, 9.17) is 4.74 Å². The lowest BCUT2D eigenvalue weighted by Crippen LogP contribution is -2.53. The van der Waals surface area contributed by atoms with Gasteiger partial charge in [0.1, 0.15) is 5.75 Å². The SMILES string of the molecule is CNC(=O)CNC(=O)CN1C[C@@H](C(=O)N2CCCCC2)Oc2ccccc21. The Balaban J connectivity index is 1.69. The van der Waals surface area contributed by atoms with Crippen LogP contribution >= 0.6 is 0 Å². The third kappa shape index (κ3) is 4.69. The summed E-state index contributed by atoms with van der Waals surface area (Å²) >= 11 is 0. The molecule has 0 bridgehead atoms. The zero-order valence-corrected chi connectivity index (χ0v) is 15.6. The van der Waals surface area contributed by atoms with Gasteiger partial charge in [-0.1, -0.05) is 12.1 Å². The van der Waals surface area contributed by atoms with Crippen molar-refractivity contribution in [1.29, 1.82) is 0 Å². The molecule has 8 nitrogen and oxygen atoms in total. The van der Waals surface area contributed by atoms with Gasteiger partial charge < -0.3 is 25.2 Å². The second-order valence-corrected chi connectivity index (χ2v) is 6.79. The number of ether oxygens (including phenoxy) is 1. The van der Waals surface area contributed by atoms with Crippen LogP contribution in [0.5, 0.6) is 5.75 Å². The molecular weight excluding hydrogens is 348 g/mol. The zero-order chi connectivity index (χ0) is 19.2. The zero-order valence-electron chi connectivity index (χ0n) is 15.6. The molecule has 8 heteroatoms. The highest BCUT2D eigenvalue weighted by Gasteiger charge is 2.34. The molecule has 2 aliphatic rings. The average Bonchev–Trinajstić information content (AvgIpc) is 2.72. The number of amides is 3. The van der Waals surface area contributed by atoms with E-state index in [-0.39, 0.29) is 30.8 Å². The number of carbonyl (C=O) groups is 3. The Bertz CT molecular complexity index is 703. The van der Waals surface area contributed by atoms with Crippen molar-refractivity contribution in [1.82, 2.24) is 15.5 Å². The fourth-order valence-electron chi connectivity index (χ4n) is 3.40. The molecular formula is C19H26N4O4. The van der Waals surface area contributed by atoms with Gasteiger partial charge in [0.25, 0.3) is 5.91 Å². The number of likely N-dealkylation sites (N-methyl/N-ethyl adjacent to an activating group) is 1. The van der Waals surface area contributed by atoms with E-state index >= 15 is 0 Å². The van der Waals surface area contributed by atoms with E-state index in [0.29, 0.717) is 12.3 Å². The maximum absolute atomic E-state index is 12.9. The van der Waals surface area contributed by atoms with Crippen LogP contribution < -0.4 is 20.3 Å². The van der Waals surface area contributed by atoms with Gasteiger partial charge in [-0.15, -0.1) is 0 Å². The summed E-state index contributed by atoms with van der Waals surface area (Å²) in [4.78, 5) is 40.1. The number of fused-ring (bicyclic) bond motifs is 1. The Kier molecular flexibility index (Phi) is 6.16. The van der Waals surface area contributed by atoms with E-state index in [2.05, 4.69) is 10.6 Å². The normalized spacial score (nSPS) is 18.9. The molecule has 0 radical (unpaired) electrons. The first-order valence-corrected chi connectivity index (χ1v) is 9.35. The molecule has 1 fully saturated rings. The van der Waals surface area contributed by atoms with Gasteiger partial charge >= 0.3 is 0 Å². The topological polar surface area (TPSA) is 91.0 Å². The minimum atomic E-state index is -0.634. The minimum absolute atomic E-state index is 0.0278. The molecule has 1 atom stereocenters. The number of benzene rings is 1. The standard InChI is InChI=1S/C19H26N4O4/c1-20-17(24)11-21-18(25)13-23-12-16(19(26)22-9-5-2-6-10-22)27-15-8-4-3-7-14(15)23/h3-4,7-8,16H,2,5-6,9-13H2,1H3,(H,20,24)(H,21,25)/t16-/m0/s1. The van der Waals surface area contributed by atoms with Crippen LogP contribution in [0.15, 0.2) is 24.3 Å². The van der Waals surface area contributed by atoms with Crippen molar-refractivity contribution in [3.05, 3.63) is 24.3 Å². The largest absolute Gasteiger partial charge is 0.477 e. The summed E-state index contributed by atoms with van der Waals surface area (Å²) in [7, 11) is 1.52. The van der Waals surface area contributed by atoms with Crippen molar-refractivity contribution in [2.24, 2.45) is 0 Å². The van der Waals surface area contributed by atoms with Crippen LogP contribution in [0, 0.1) is 0 Å². The second-order valence-electron chi connectivity index (χ2n) is 6.79. The van der Waals surface area contributed by atoms with Crippen LogP contribution in [0.2, 0.25) is 0 Å². The monoisotopic (exact) mass is 374 g/mol. The van der Waals surface area contributed by atoms with Gasteiger partial charge in [-0.2, -0.15) is 0 Å². The first kappa shape index (κ1) is 19.0. The molecule has 3 rings (SSSR count). The van der Waals surface area contributed by atoms with E-state index in [9.17, 15) is 14.4 Å². The van der Waals surface area contributed by atoms with Crippen molar-refractivity contribution < 1.29 is 19.1 Å². The summed E-state index contributed by atoms with van der Waals surface area (Å²) in [6.07, 6.45) is 2.54. The highest BCUT2D eigenvalue weighted by molar-refractivity contribution is 5.88. The van der Waals surface area contributed by atoms with Gasteiger partial charge in [0.05, 0.1) is 25.3 Å². The van der Waals surface area contributed by atoms with Crippen LogP contribution in [0.4, 0.5) is 5.69 Å². The van der Waals surface area contributed by atoms with Crippen LogP contribution in [0.25, 0.3) is 0 Å². The highest BCUT2D eigenvalue weighted by Crippen LogP contribution is 2.33. The van der Waals surface area contributed by atoms with Crippen molar-refractivity contribution in [3.8, 4) is 5.75 Å². The molecule has 0 unspecified atom stereocenters. The van der Waals surface area contributed by atoms with E-state index in [1.807, 2.05) is 28.0 Å². The Hall–Kier alpha value is -2.77. The lowest BCUT2D eigenvalue weighted by atomic mass is 10.1. The number of likely N-dealkylation sites (tertiary alicyclic amines) is 1. The van der Waals surface area contributed by atoms with Gasteiger partial charge in [-0.05, 0) is 31.4 Å². The Morgan fingerprint density at radius 3 is 2.59 bits per heavy atom. The molecule has 2 heterocycles. The van der Waals surface area contributed by atoms with Gasteiger partial charge in [0.2, 0.25) is 11.8 Å². The molecule has 2 aliphatic heterocycles. The number of para-hydroxylation sites is 2. The molecule has 27 heavy (non-hydrogen) atoms. The first-order valence-electron chi connectivity index (χ1n) is 9.35. The third-order valence-corrected chi connectivity index (χ3v) is 4.86. The summed E-state index contributed by atoms with van der Waals surface area (Å²) in [5, 5.41) is 5.05. The first-order chi connectivity index (χ1) is 13.1. The average molecular weight is 374 g/mol. The van der Waals surface area contributed by atoms with E-state index < -0.39 is 6.10 Å². The Morgan fingerprint density at radius 1 is 1.11 bits per heavy atom. The van der Waals surface area contributed by atoms with Crippen molar-refractivity contribution in [3.63, 3.8) is 0 Å². The van der Waals surface area contributed by atoms with Crippen molar-refractivity contribution in [2.75, 3.05) is 44.7 Å². The van der Waals surface area contributed by atoms with E-state index in [0.717, 1.165) is 38.0 Å². The minimum Gasteiger partial charge on any atom is -0.477 e. The highest BCUT2D eigenvalue weighted by atomic mass is 16.5. The number of rotatable bonds is 5. The number of carbonyl (C=O) groups excluding carboxylic acids is 3. The van der Waals surface area contributed by atoms with Gasteiger partial charge in [-0.25, -0.2) is 0 Å². The summed E-state index contributed by atoms with van der Waals surface area (Å²) < 4.78 is 5.95. The van der Waals surface area contributed by atoms with Crippen molar-refractivity contribution >= 4 is 23.4 Å². The van der Waals surface area contributed by atoms with E-state index in [1.165, 1.54) is 7.05 Å². The summed E-state index contributed by atoms with van der Waals surface area (Å²) in [5.41, 5.74) is 0.773. The van der Waals surface area contributed by atoms with Crippen LogP contribution in [0.1, 0.15) is 19.3 Å². The summed E-state index contributed by atoms with van der Waals surface area (Å²) in [6.45, 7) is 1.80. The van der Waals surface area contributed by atoms with Crippen LogP contribution in [-0.4, -0.2) is 68.5 Å². The van der Waals surface area contributed by atoms with Gasteiger partial charge in [0, 0.05) is 20.1 Å². The molecule has 1 aromatic rings. The number of anilines is 1. The van der Waals surface area contributed by atoms with Crippen LogP contribution in [-0.2, 0) is 14.4 Å². The van der Waals surface area contributed by atoms with Crippen molar-refractivity contribution in [2.45, 2.75) is 25.4 Å². The maximum atomic E-state index is 12.9. The molecule has 0 aromatic heterocycles. The fourth-order valence-corrected chi connectivity index (χ4v) is 3.40. The fraction of sp³-hybridized carbons (Fsp3) is 0.526. The van der Waals surface area contributed by atoms with E-state index in [1.54, 1.807) is 6.07 Å². The lowest BCUT2D eigenvalue weighted by Gasteiger charge is -2.38. The molecule has 0 spiro atoms. The summed E-state index contributed by atoms with van der Waals surface area (Å²) in [5.74, 6) is 0.0292. The number of nitrogens with zero attached hydrogens (tertiary/aromatic N) is 2. The predicted octanol–water partition coefficient (Wildman–Crippen LogP) is 0.129. The molecule has 0 saturated carbocycles. The Labute approximate surface area is 158 Å². The predicted molar refractivity (Wildman–Crippen MR) is 101 cm³/mol. The lowest BCUT2D eigenvalue weighted by molar-refractivity contribution is -0.139. The number of hydrogen-bond acceptors (Lipinski definition) is 5. The molecule has 1 saturated heterocycles. The number of hydrogen-bond donors (Lipinski definition) is 2. The molecule has 1 aromatic carbocycles. The summed E-state index contributed by atoms with van der Waals surface area (Å²) in [6, 6.07) is 7.38. The van der Waals surface area contributed by atoms with Crippen LogP contribution in [0.3, 0.4) is 0 Å². The Morgan fingerprint density at radius 2 is 1.85 bits per heavy atom. The van der Waals surface area contributed by atoms with Gasteiger partial charge in [0.15, 0.2) is 6.10 Å². The number of piperidine rings is 1. The second kappa shape index (κ2) is 8.75. The molecule has 146 valence electrons. The number of nitrogens with one attached hydrogen (secondary N) is 2. The van der Waals surface area contributed by atoms with Gasteiger partial charge in [-0.3, -0.25) is 14.4 Å². The molecule has 3 amide bonds. The smallest absolute Gasteiger partial charge is 0.265 e. The third-order valence-electron chi connectivity index (χ3n) is 4.86.